The summed E-state index contributed by atoms with van der Waals surface area (Å²) < 4.78 is 14.7. The number of rotatable bonds is 14. The fourth-order valence-electron chi connectivity index (χ4n) is 1.44. The second-order valence-corrected chi connectivity index (χ2v) is 4.98. The molecule has 3 atom stereocenters. The van der Waals surface area contributed by atoms with Gasteiger partial charge in [0.2, 0.25) is 0 Å². The largest absolute Gasteiger partial charge is 0.478 e. The molecule has 0 aromatic carbocycles. The van der Waals surface area contributed by atoms with Crippen LogP contribution >= 0.6 is 0 Å². The van der Waals surface area contributed by atoms with Gasteiger partial charge in [0.15, 0.2) is 0 Å². The summed E-state index contributed by atoms with van der Waals surface area (Å²) in [6, 6.07) is 0. The zero-order chi connectivity index (χ0) is 18.5. The Kier molecular flexibility index (Phi) is 11.7. The average molecular weight is 348 g/mol. The molecule has 0 radical (unpaired) electrons. The number of hydrogen-bond donors (Lipinski definition) is 4. The normalized spacial score (nSPS) is 14.5. The number of aliphatic hydroxyl groups is 3. The Morgan fingerprint density at radius 2 is 1.38 bits per heavy atom. The van der Waals surface area contributed by atoms with Crippen LogP contribution in [0.15, 0.2) is 24.8 Å². The number of carboxylic acid groups (broad SMARTS) is 1. The molecule has 0 saturated heterocycles. The first-order valence-corrected chi connectivity index (χ1v) is 7.16. The molecule has 0 saturated carbocycles. The zero-order valence-corrected chi connectivity index (χ0v) is 13.3. The minimum Gasteiger partial charge on any atom is -0.478 e. The summed E-state index contributed by atoms with van der Waals surface area (Å²) in [5, 5.41) is 37.1. The zero-order valence-electron chi connectivity index (χ0n) is 13.3. The third-order valence-electron chi connectivity index (χ3n) is 2.61. The molecule has 3 unspecified atom stereocenters. The third-order valence-corrected chi connectivity index (χ3v) is 2.61. The molecule has 0 aliphatic rings. The van der Waals surface area contributed by atoms with Crippen LogP contribution in [-0.2, 0) is 23.8 Å². The molecule has 9 heteroatoms. The molecule has 0 aliphatic heterocycles. The second kappa shape index (κ2) is 12.6. The predicted molar refractivity (Wildman–Crippen MR) is 82.2 cm³/mol. The van der Waals surface area contributed by atoms with Crippen LogP contribution in [0.1, 0.15) is 6.42 Å². The fraction of sp³-hybridized carbons (Fsp3) is 0.600. The van der Waals surface area contributed by atoms with Crippen LogP contribution in [-0.4, -0.2) is 83.7 Å². The molecule has 0 aromatic heterocycles. The molecule has 0 amide bonds. The number of carbonyl (C=O) groups is 2. The van der Waals surface area contributed by atoms with E-state index in [1.54, 1.807) is 0 Å². The van der Waals surface area contributed by atoms with Gasteiger partial charge in [0.05, 0.1) is 32.5 Å². The first kappa shape index (κ1) is 22.2. The van der Waals surface area contributed by atoms with Crippen molar-refractivity contribution < 1.29 is 44.2 Å². The van der Waals surface area contributed by atoms with Crippen LogP contribution in [0, 0.1) is 0 Å². The minimum absolute atomic E-state index is 0.135. The topological polar surface area (TPSA) is 143 Å². The first-order valence-electron chi connectivity index (χ1n) is 7.16. The summed E-state index contributed by atoms with van der Waals surface area (Å²) in [6.45, 7) is 5.64. The third kappa shape index (κ3) is 11.7. The number of hydrogen-bond acceptors (Lipinski definition) is 8. The van der Waals surface area contributed by atoms with E-state index in [4.69, 9.17) is 14.6 Å². The van der Waals surface area contributed by atoms with Gasteiger partial charge in [0, 0.05) is 18.1 Å². The monoisotopic (exact) mass is 348 g/mol. The maximum absolute atomic E-state index is 10.8. The Hall–Kier alpha value is -1.78. The van der Waals surface area contributed by atoms with Gasteiger partial charge in [-0.05, 0) is 0 Å². The number of aliphatic carboxylic acids is 1. The van der Waals surface area contributed by atoms with E-state index in [9.17, 15) is 24.9 Å². The summed E-state index contributed by atoms with van der Waals surface area (Å²) >= 11 is 0. The van der Waals surface area contributed by atoms with E-state index in [1.807, 2.05) is 0 Å². The van der Waals surface area contributed by atoms with Crippen LogP contribution < -0.4 is 0 Å². The lowest BCUT2D eigenvalue weighted by Gasteiger charge is -2.16. The Morgan fingerprint density at radius 3 is 1.83 bits per heavy atom. The lowest BCUT2D eigenvalue weighted by atomic mass is 10.1. The molecule has 0 bridgehead atoms. The SMILES string of the molecule is C=CC(=O)OCC(O)COCC(O)COCC(O)CC(=C)C(=O)O. The van der Waals surface area contributed by atoms with Crippen LogP contribution in [0.5, 0.6) is 0 Å². The van der Waals surface area contributed by atoms with Crippen molar-refractivity contribution in [2.75, 3.05) is 33.0 Å². The van der Waals surface area contributed by atoms with Gasteiger partial charge in [0.25, 0.3) is 0 Å². The Balaban J connectivity index is 3.70. The van der Waals surface area contributed by atoms with Gasteiger partial charge >= 0.3 is 11.9 Å². The molecule has 0 rings (SSSR count). The molecule has 0 heterocycles. The van der Waals surface area contributed by atoms with Gasteiger partial charge < -0.3 is 34.6 Å². The summed E-state index contributed by atoms with van der Waals surface area (Å²) in [6.07, 6.45) is -2.25. The number of esters is 1. The van der Waals surface area contributed by atoms with E-state index < -0.39 is 30.3 Å². The Morgan fingerprint density at radius 1 is 0.917 bits per heavy atom. The summed E-state index contributed by atoms with van der Waals surface area (Å²) in [5.74, 6) is -1.86. The molecule has 138 valence electrons. The van der Waals surface area contributed by atoms with Crippen molar-refractivity contribution in [3.8, 4) is 0 Å². The van der Waals surface area contributed by atoms with Gasteiger partial charge in [-0.15, -0.1) is 0 Å². The van der Waals surface area contributed by atoms with E-state index in [-0.39, 0.29) is 45.0 Å². The Labute approximate surface area is 139 Å². The highest BCUT2D eigenvalue weighted by Gasteiger charge is 2.13. The van der Waals surface area contributed by atoms with E-state index in [0.717, 1.165) is 6.08 Å². The van der Waals surface area contributed by atoms with Crippen molar-refractivity contribution in [3.05, 3.63) is 24.8 Å². The average Bonchev–Trinajstić information content (AvgIpc) is 2.52. The Bertz CT molecular complexity index is 421. The van der Waals surface area contributed by atoms with Crippen molar-refractivity contribution in [2.24, 2.45) is 0 Å². The predicted octanol–water partition coefficient (Wildman–Crippen LogP) is -1.14. The van der Waals surface area contributed by atoms with Gasteiger partial charge in [-0.25, -0.2) is 9.59 Å². The minimum atomic E-state index is -1.19. The molecular weight excluding hydrogens is 324 g/mol. The molecule has 9 nitrogen and oxygen atoms in total. The highest BCUT2D eigenvalue weighted by Crippen LogP contribution is 2.04. The van der Waals surface area contributed by atoms with E-state index >= 15 is 0 Å². The molecule has 4 N–H and O–H groups in total. The first-order chi connectivity index (χ1) is 11.3. The van der Waals surface area contributed by atoms with Crippen LogP contribution in [0.25, 0.3) is 0 Å². The number of carbonyl (C=O) groups excluding carboxylic acids is 1. The van der Waals surface area contributed by atoms with E-state index in [2.05, 4.69) is 17.9 Å². The summed E-state index contributed by atoms with van der Waals surface area (Å²) in [7, 11) is 0. The fourth-order valence-corrected chi connectivity index (χ4v) is 1.44. The van der Waals surface area contributed by atoms with Gasteiger partial charge in [-0.1, -0.05) is 13.2 Å². The van der Waals surface area contributed by atoms with Gasteiger partial charge in [-0.2, -0.15) is 0 Å². The van der Waals surface area contributed by atoms with Gasteiger partial charge in [0.1, 0.15) is 18.8 Å². The molecular formula is C15H24O9. The standard InChI is InChI=1S/C15H24O9/c1-3-14(19)24-9-13(18)8-23-7-12(17)6-22-5-11(16)4-10(2)15(20)21/h3,11-13,16-18H,1-2,4-9H2,(H,20,21). The van der Waals surface area contributed by atoms with Crippen molar-refractivity contribution in [2.45, 2.75) is 24.7 Å². The highest BCUT2D eigenvalue weighted by atomic mass is 16.6. The maximum Gasteiger partial charge on any atom is 0.331 e. The number of carboxylic acids is 1. The molecule has 0 aliphatic carbocycles. The molecule has 24 heavy (non-hydrogen) atoms. The summed E-state index contributed by atoms with van der Waals surface area (Å²) in [4.78, 5) is 21.3. The number of aliphatic hydroxyl groups excluding tert-OH is 3. The van der Waals surface area contributed by atoms with Crippen molar-refractivity contribution in [1.29, 1.82) is 0 Å². The molecule has 0 spiro atoms. The van der Waals surface area contributed by atoms with E-state index in [0.29, 0.717) is 0 Å². The van der Waals surface area contributed by atoms with Crippen molar-refractivity contribution in [3.63, 3.8) is 0 Å². The quantitative estimate of drug-likeness (QED) is 0.226. The van der Waals surface area contributed by atoms with Gasteiger partial charge in [-0.3, -0.25) is 0 Å². The smallest absolute Gasteiger partial charge is 0.331 e. The second-order valence-electron chi connectivity index (χ2n) is 4.98. The van der Waals surface area contributed by atoms with Crippen LogP contribution in [0.2, 0.25) is 0 Å². The molecule has 0 aromatic rings. The highest BCUT2D eigenvalue weighted by molar-refractivity contribution is 5.85. The van der Waals surface area contributed by atoms with E-state index in [1.165, 1.54) is 0 Å². The van der Waals surface area contributed by atoms with Crippen molar-refractivity contribution in [1.82, 2.24) is 0 Å². The van der Waals surface area contributed by atoms with Crippen LogP contribution in [0.3, 0.4) is 0 Å². The lowest BCUT2D eigenvalue weighted by molar-refractivity contribution is -0.142. The van der Waals surface area contributed by atoms with Crippen molar-refractivity contribution >= 4 is 11.9 Å². The number of ether oxygens (including phenoxy) is 3. The maximum atomic E-state index is 10.8. The molecule has 0 fully saturated rings. The summed E-state index contributed by atoms with van der Waals surface area (Å²) in [5.41, 5.74) is -0.138. The lowest BCUT2D eigenvalue weighted by Crippen LogP contribution is -2.29. The van der Waals surface area contributed by atoms with Crippen LogP contribution in [0.4, 0.5) is 0 Å².